The Balaban J connectivity index is 1.76. The minimum atomic E-state index is -0.306. The molecule has 6 nitrogen and oxygen atoms in total. The Kier molecular flexibility index (Phi) is 6.35. The van der Waals surface area contributed by atoms with Crippen molar-refractivity contribution in [1.82, 2.24) is 5.32 Å². The highest BCUT2D eigenvalue weighted by Crippen LogP contribution is 2.30. The molecule has 6 heteroatoms. The molecule has 130 valence electrons. The van der Waals surface area contributed by atoms with Gasteiger partial charge in [0.25, 0.3) is 0 Å². The van der Waals surface area contributed by atoms with Gasteiger partial charge in [0.1, 0.15) is 0 Å². The van der Waals surface area contributed by atoms with Gasteiger partial charge >= 0.3 is 5.97 Å². The van der Waals surface area contributed by atoms with Gasteiger partial charge in [-0.05, 0) is 43.9 Å². The molecule has 1 aliphatic rings. The fourth-order valence-corrected chi connectivity index (χ4v) is 2.34. The van der Waals surface area contributed by atoms with E-state index < -0.39 is 0 Å². The summed E-state index contributed by atoms with van der Waals surface area (Å²) in [5.74, 6) is -0.153. The molecule has 0 aromatic heterocycles. The maximum Gasteiger partial charge on any atom is 0.305 e. The van der Waals surface area contributed by atoms with E-state index in [9.17, 15) is 14.4 Å². The van der Waals surface area contributed by atoms with Gasteiger partial charge < -0.3 is 15.4 Å². The zero-order chi connectivity index (χ0) is 17.5. The Bertz CT molecular complexity index is 594. The first kappa shape index (κ1) is 18.0. The molecule has 24 heavy (non-hydrogen) atoms. The van der Waals surface area contributed by atoms with Gasteiger partial charge in [0.15, 0.2) is 0 Å². The summed E-state index contributed by atoms with van der Waals surface area (Å²) < 4.78 is 4.54. The molecule has 1 aliphatic carbocycles. The summed E-state index contributed by atoms with van der Waals surface area (Å²) in [6.45, 7) is 1.90. The van der Waals surface area contributed by atoms with E-state index in [4.69, 9.17) is 0 Å². The average molecular weight is 332 g/mol. The molecule has 0 saturated heterocycles. The van der Waals surface area contributed by atoms with Crippen molar-refractivity contribution in [3.05, 3.63) is 29.8 Å². The number of rotatable bonds is 8. The minimum Gasteiger partial charge on any atom is -0.469 e. The average Bonchev–Trinajstić information content (AvgIpc) is 3.40. The van der Waals surface area contributed by atoms with Gasteiger partial charge in [-0.2, -0.15) is 0 Å². The summed E-state index contributed by atoms with van der Waals surface area (Å²) in [7, 11) is 1.33. The van der Waals surface area contributed by atoms with Gasteiger partial charge in [-0.25, -0.2) is 0 Å². The highest BCUT2D eigenvalue weighted by Gasteiger charge is 2.29. The molecule has 2 rings (SSSR count). The van der Waals surface area contributed by atoms with Crippen LogP contribution in [0.15, 0.2) is 24.3 Å². The number of carbonyl (C=O) groups excluding carboxylic acids is 3. The third-order valence-electron chi connectivity index (χ3n) is 4.02. The van der Waals surface area contributed by atoms with Crippen molar-refractivity contribution in [2.75, 3.05) is 12.4 Å². The van der Waals surface area contributed by atoms with E-state index in [0.717, 1.165) is 24.1 Å². The number of amides is 2. The molecule has 0 aliphatic heterocycles. The van der Waals surface area contributed by atoms with E-state index in [-0.39, 0.29) is 42.6 Å². The Labute approximate surface area is 142 Å². The molecule has 1 saturated carbocycles. The van der Waals surface area contributed by atoms with Crippen molar-refractivity contribution in [3.8, 4) is 0 Å². The predicted molar refractivity (Wildman–Crippen MR) is 90.2 cm³/mol. The lowest BCUT2D eigenvalue weighted by Crippen LogP contribution is -2.26. The SMILES string of the molecule is COC(=O)CCCC(=O)N[C@@H](C)c1ccc(NC(=O)C2CC2)cc1. The highest BCUT2D eigenvalue weighted by atomic mass is 16.5. The van der Waals surface area contributed by atoms with Crippen LogP contribution in [0, 0.1) is 5.92 Å². The number of ether oxygens (including phenoxy) is 1. The molecule has 1 fully saturated rings. The molecular formula is C18H24N2O4. The lowest BCUT2D eigenvalue weighted by molar-refractivity contribution is -0.140. The molecule has 2 N–H and O–H groups in total. The van der Waals surface area contributed by atoms with Crippen LogP contribution < -0.4 is 10.6 Å². The quantitative estimate of drug-likeness (QED) is 0.717. The van der Waals surface area contributed by atoms with Crippen LogP contribution >= 0.6 is 0 Å². The fourth-order valence-electron chi connectivity index (χ4n) is 2.34. The fraction of sp³-hybridized carbons (Fsp3) is 0.500. The molecule has 0 unspecified atom stereocenters. The Morgan fingerprint density at radius 1 is 1.17 bits per heavy atom. The maximum absolute atomic E-state index is 11.9. The van der Waals surface area contributed by atoms with Crippen LogP contribution in [0.4, 0.5) is 5.69 Å². The molecule has 0 spiro atoms. The topological polar surface area (TPSA) is 84.5 Å². The molecule has 1 aromatic rings. The smallest absolute Gasteiger partial charge is 0.305 e. The lowest BCUT2D eigenvalue weighted by atomic mass is 10.1. The zero-order valence-electron chi connectivity index (χ0n) is 14.1. The number of hydrogen-bond donors (Lipinski definition) is 2. The molecule has 2 amide bonds. The minimum absolute atomic E-state index is 0.0784. The van der Waals surface area contributed by atoms with Gasteiger partial charge in [0.05, 0.1) is 13.2 Å². The van der Waals surface area contributed by atoms with Gasteiger partial charge in [0, 0.05) is 24.4 Å². The van der Waals surface area contributed by atoms with Crippen molar-refractivity contribution in [2.24, 2.45) is 5.92 Å². The van der Waals surface area contributed by atoms with E-state index in [2.05, 4.69) is 15.4 Å². The van der Waals surface area contributed by atoms with E-state index in [0.29, 0.717) is 6.42 Å². The molecule has 1 atom stereocenters. The second-order valence-corrected chi connectivity index (χ2v) is 6.10. The second-order valence-electron chi connectivity index (χ2n) is 6.10. The maximum atomic E-state index is 11.9. The third kappa shape index (κ3) is 5.68. The van der Waals surface area contributed by atoms with Crippen LogP contribution in [0.1, 0.15) is 50.6 Å². The number of esters is 1. The third-order valence-corrected chi connectivity index (χ3v) is 4.02. The number of methoxy groups -OCH3 is 1. The van der Waals surface area contributed by atoms with E-state index in [1.807, 2.05) is 31.2 Å². The highest BCUT2D eigenvalue weighted by molar-refractivity contribution is 5.94. The summed E-state index contributed by atoms with van der Waals surface area (Å²) >= 11 is 0. The Hall–Kier alpha value is -2.37. The number of carbonyl (C=O) groups is 3. The summed E-state index contributed by atoms with van der Waals surface area (Å²) in [5.41, 5.74) is 1.73. The van der Waals surface area contributed by atoms with Crippen LogP contribution in [0.25, 0.3) is 0 Å². The second kappa shape index (κ2) is 8.47. The standard InChI is InChI=1S/C18H24N2O4/c1-12(19-16(21)4-3-5-17(22)24-2)13-8-10-15(11-9-13)20-18(23)14-6-7-14/h8-12,14H,3-7H2,1-2H3,(H,19,21)(H,20,23)/t12-/m0/s1. The van der Waals surface area contributed by atoms with Crippen LogP contribution in [-0.2, 0) is 19.1 Å². The Morgan fingerprint density at radius 2 is 1.83 bits per heavy atom. The first-order valence-corrected chi connectivity index (χ1v) is 8.26. The van der Waals surface area contributed by atoms with E-state index in [1.165, 1.54) is 7.11 Å². The van der Waals surface area contributed by atoms with Crippen molar-refractivity contribution < 1.29 is 19.1 Å². The molecule has 0 heterocycles. The number of nitrogens with one attached hydrogen (secondary N) is 2. The van der Waals surface area contributed by atoms with Gasteiger partial charge in [-0.3, -0.25) is 14.4 Å². The molecule has 0 radical (unpaired) electrons. The molecular weight excluding hydrogens is 308 g/mol. The van der Waals surface area contributed by atoms with E-state index >= 15 is 0 Å². The molecule has 1 aromatic carbocycles. The Morgan fingerprint density at radius 3 is 2.42 bits per heavy atom. The first-order chi connectivity index (χ1) is 11.5. The summed E-state index contributed by atoms with van der Waals surface area (Å²) in [6, 6.07) is 7.33. The van der Waals surface area contributed by atoms with E-state index in [1.54, 1.807) is 0 Å². The van der Waals surface area contributed by atoms with Gasteiger partial charge in [-0.15, -0.1) is 0 Å². The van der Waals surface area contributed by atoms with Crippen LogP contribution in [0.5, 0.6) is 0 Å². The summed E-state index contributed by atoms with van der Waals surface area (Å²) in [6.07, 6.45) is 2.95. The predicted octanol–water partition coefficient (Wildman–Crippen LogP) is 2.56. The van der Waals surface area contributed by atoms with Crippen molar-refractivity contribution in [1.29, 1.82) is 0 Å². The van der Waals surface area contributed by atoms with Gasteiger partial charge in [0.2, 0.25) is 11.8 Å². The van der Waals surface area contributed by atoms with Crippen molar-refractivity contribution >= 4 is 23.5 Å². The van der Waals surface area contributed by atoms with Crippen LogP contribution in [-0.4, -0.2) is 24.9 Å². The lowest BCUT2D eigenvalue weighted by Gasteiger charge is -2.15. The molecule has 0 bridgehead atoms. The largest absolute Gasteiger partial charge is 0.469 e. The normalized spacial score (nSPS) is 14.6. The van der Waals surface area contributed by atoms with Crippen LogP contribution in [0.3, 0.4) is 0 Å². The van der Waals surface area contributed by atoms with Gasteiger partial charge in [-0.1, -0.05) is 12.1 Å². The van der Waals surface area contributed by atoms with Crippen molar-refractivity contribution in [3.63, 3.8) is 0 Å². The summed E-state index contributed by atoms with van der Waals surface area (Å²) in [4.78, 5) is 34.6. The number of hydrogen-bond acceptors (Lipinski definition) is 4. The summed E-state index contributed by atoms with van der Waals surface area (Å²) in [5, 5.41) is 5.78. The monoisotopic (exact) mass is 332 g/mol. The van der Waals surface area contributed by atoms with Crippen molar-refractivity contribution in [2.45, 2.75) is 45.1 Å². The number of anilines is 1. The zero-order valence-corrected chi connectivity index (χ0v) is 14.1. The first-order valence-electron chi connectivity index (χ1n) is 8.26. The van der Waals surface area contributed by atoms with Crippen LogP contribution in [0.2, 0.25) is 0 Å². The number of benzene rings is 1.